The molecule has 0 aliphatic carbocycles. The van der Waals surface area contributed by atoms with Gasteiger partial charge in [0.15, 0.2) is 0 Å². The molecule has 0 spiro atoms. The van der Waals surface area contributed by atoms with Crippen molar-refractivity contribution in [3.63, 3.8) is 0 Å². The first kappa shape index (κ1) is 24.2. The van der Waals surface area contributed by atoms with Crippen molar-refractivity contribution in [3.8, 4) is 16.9 Å². The Kier molecular flexibility index (Phi) is 7.57. The van der Waals surface area contributed by atoms with Crippen molar-refractivity contribution in [2.45, 2.75) is 26.8 Å². The number of thiophene rings is 1. The molecule has 0 aliphatic heterocycles. The molecule has 0 saturated heterocycles. The lowest BCUT2D eigenvalue weighted by Gasteiger charge is -2.09. The zero-order chi connectivity index (χ0) is 24.8. The zero-order valence-electron chi connectivity index (χ0n) is 19.5. The third-order valence-corrected chi connectivity index (χ3v) is 6.28. The zero-order valence-corrected chi connectivity index (χ0v) is 20.4. The number of ether oxygens (including phenoxy) is 1. The van der Waals surface area contributed by atoms with E-state index in [1.807, 2.05) is 43.5 Å². The van der Waals surface area contributed by atoms with Gasteiger partial charge in [-0.15, -0.1) is 11.3 Å². The average molecular weight is 491 g/mol. The van der Waals surface area contributed by atoms with Crippen LogP contribution in [0, 0.1) is 6.92 Å². The summed E-state index contributed by atoms with van der Waals surface area (Å²) in [6.45, 7) is 4.47. The van der Waals surface area contributed by atoms with E-state index in [1.165, 1.54) is 22.2 Å². The van der Waals surface area contributed by atoms with Crippen LogP contribution in [0.15, 0.2) is 65.0 Å². The van der Waals surface area contributed by atoms with E-state index in [9.17, 15) is 14.4 Å². The molecule has 2 amide bonds. The van der Waals surface area contributed by atoms with Crippen molar-refractivity contribution in [1.82, 2.24) is 14.9 Å². The fraction of sp³-hybridized carbons (Fsp3) is 0.231. The van der Waals surface area contributed by atoms with Crippen LogP contribution in [0.4, 0.5) is 5.69 Å². The van der Waals surface area contributed by atoms with E-state index in [0.717, 1.165) is 22.4 Å². The number of aryl methyl sites for hydroxylation is 2. The van der Waals surface area contributed by atoms with Crippen LogP contribution in [0.3, 0.4) is 0 Å². The molecule has 4 aromatic rings. The number of carbonyl (C=O) groups excluding carboxylic acids is 2. The van der Waals surface area contributed by atoms with E-state index < -0.39 is 0 Å². The molecule has 4 rings (SSSR count). The molecule has 2 aromatic carbocycles. The van der Waals surface area contributed by atoms with Gasteiger partial charge in [0.05, 0.1) is 24.9 Å². The van der Waals surface area contributed by atoms with Gasteiger partial charge in [-0.2, -0.15) is 0 Å². The highest BCUT2D eigenvalue weighted by atomic mass is 32.1. The van der Waals surface area contributed by atoms with Gasteiger partial charge < -0.3 is 15.4 Å². The van der Waals surface area contributed by atoms with Crippen LogP contribution in [0.1, 0.15) is 18.9 Å². The Balaban J connectivity index is 1.34. The standard InChI is InChI=1S/C26H26N4O4S/c1-3-34-20-10-8-19(9-11-20)29-23(32)14-27-22(31)12-13-30-16-28-25-24(26(30)33)21(15-35-25)18-6-4-17(2)5-7-18/h4-11,15-16H,3,12-14H2,1-2H3,(H,27,31)(H,29,32). The van der Waals surface area contributed by atoms with Gasteiger partial charge in [0.1, 0.15) is 10.6 Å². The summed E-state index contributed by atoms with van der Waals surface area (Å²) in [7, 11) is 0. The lowest BCUT2D eigenvalue weighted by molar-refractivity contribution is -0.124. The topological polar surface area (TPSA) is 102 Å². The molecule has 0 aliphatic rings. The number of hydrogen-bond donors (Lipinski definition) is 2. The molecule has 0 unspecified atom stereocenters. The molecule has 2 aromatic heterocycles. The van der Waals surface area contributed by atoms with E-state index in [-0.39, 0.29) is 36.9 Å². The lowest BCUT2D eigenvalue weighted by Crippen LogP contribution is -2.34. The SMILES string of the molecule is CCOc1ccc(NC(=O)CNC(=O)CCn2cnc3scc(-c4ccc(C)cc4)c3c2=O)cc1. The summed E-state index contributed by atoms with van der Waals surface area (Å²) in [5.74, 6) is 0.0434. The Morgan fingerprint density at radius 3 is 2.51 bits per heavy atom. The Labute approximate surface area is 206 Å². The van der Waals surface area contributed by atoms with Crippen LogP contribution < -0.4 is 20.9 Å². The van der Waals surface area contributed by atoms with E-state index in [0.29, 0.717) is 22.5 Å². The highest BCUT2D eigenvalue weighted by molar-refractivity contribution is 7.17. The van der Waals surface area contributed by atoms with Crippen molar-refractivity contribution in [1.29, 1.82) is 0 Å². The number of rotatable bonds is 9. The summed E-state index contributed by atoms with van der Waals surface area (Å²) in [6, 6.07) is 15.0. The summed E-state index contributed by atoms with van der Waals surface area (Å²) in [4.78, 5) is 42.6. The van der Waals surface area contributed by atoms with E-state index in [2.05, 4.69) is 15.6 Å². The summed E-state index contributed by atoms with van der Waals surface area (Å²) < 4.78 is 6.81. The van der Waals surface area contributed by atoms with Crippen LogP contribution in [-0.4, -0.2) is 34.5 Å². The summed E-state index contributed by atoms with van der Waals surface area (Å²) in [6.07, 6.45) is 1.51. The number of amides is 2. The number of anilines is 1. The van der Waals surface area contributed by atoms with E-state index >= 15 is 0 Å². The maximum Gasteiger partial charge on any atom is 0.262 e. The molecule has 2 N–H and O–H groups in total. The first-order valence-electron chi connectivity index (χ1n) is 11.3. The predicted molar refractivity (Wildman–Crippen MR) is 138 cm³/mol. The summed E-state index contributed by atoms with van der Waals surface area (Å²) >= 11 is 1.42. The second-order valence-corrected chi connectivity index (χ2v) is 8.83. The molecule has 2 heterocycles. The summed E-state index contributed by atoms with van der Waals surface area (Å²) in [5, 5.41) is 7.79. The minimum Gasteiger partial charge on any atom is -0.494 e. The number of fused-ring (bicyclic) bond motifs is 1. The average Bonchev–Trinajstić information content (AvgIpc) is 3.29. The van der Waals surface area contributed by atoms with Gasteiger partial charge in [0.2, 0.25) is 11.8 Å². The monoisotopic (exact) mass is 490 g/mol. The molecule has 180 valence electrons. The molecular formula is C26H26N4O4S. The van der Waals surface area contributed by atoms with Crippen LogP contribution in [0.25, 0.3) is 21.3 Å². The van der Waals surface area contributed by atoms with Crippen molar-refractivity contribution in [3.05, 3.63) is 76.2 Å². The second-order valence-electron chi connectivity index (χ2n) is 7.97. The highest BCUT2D eigenvalue weighted by Crippen LogP contribution is 2.30. The number of carbonyl (C=O) groups is 2. The molecule has 0 saturated carbocycles. The molecule has 8 nitrogen and oxygen atoms in total. The molecule has 0 bridgehead atoms. The van der Waals surface area contributed by atoms with E-state index in [4.69, 9.17) is 4.74 Å². The maximum atomic E-state index is 13.1. The molecule has 0 fully saturated rings. The quantitative estimate of drug-likeness (QED) is 0.370. The normalized spacial score (nSPS) is 10.8. The van der Waals surface area contributed by atoms with Crippen molar-refractivity contribution in [2.75, 3.05) is 18.5 Å². The van der Waals surface area contributed by atoms with Crippen LogP contribution >= 0.6 is 11.3 Å². The van der Waals surface area contributed by atoms with Gasteiger partial charge in [-0.1, -0.05) is 29.8 Å². The number of hydrogen-bond acceptors (Lipinski definition) is 6. The number of benzene rings is 2. The first-order valence-corrected chi connectivity index (χ1v) is 12.2. The Bertz CT molecular complexity index is 1390. The van der Waals surface area contributed by atoms with Crippen molar-refractivity contribution in [2.24, 2.45) is 0 Å². The van der Waals surface area contributed by atoms with Crippen molar-refractivity contribution >= 4 is 39.1 Å². The summed E-state index contributed by atoms with van der Waals surface area (Å²) in [5.41, 5.74) is 3.36. The second kappa shape index (κ2) is 11.0. The molecule has 35 heavy (non-hydrogen) atoms. The van der Waals surface area contributed by atoms with Gasteiger partial charge >= 0.3 is 0 Å². The largest absolute Gasteiger partial charge is 0.494 e. The number of nitrogens with one attached hydrogen (secondary N) is 2. The molecular weight excluding hydrogens is 464 g/mol. The van der Waals surface area contributed by atoms with E-state index in [1.54, 1.807) is 24.3 Å². The minimum atomic E-state index is -0.344. The Morgan fingerprint density at radius 2 is 1.80 bits per heavy atom. The minimum absolute atomic E-state index is 0.0490. The lowest BCUT2D eigenvalue weighted by atomic mass is 10.1. The van der Waals surface area contributed by atoms with Gasteiger partial charge in [-0.3, -0.25) is 19.0 Å². The third-order valence-electron chi connectivity index (χ3n) is 5.40. The van der Waals surface area contributed by atoms with Crippen LogP contribution in [-0.2, 0) is 16.1 Å². The van der Waals surface area contributed by atoms with Gasteiger partial charge in [0, 0.05) is 29.6 Å². The molecule has 9 heteroatoms. The highest BCUT2D eigenvalue weighted by Gasteiger charge is 2.14. The van der Waals surface area contributed by atoms with Gasteiger partial charge in [0.25, 0.3) is 5.56 Å². The predicted octanol–water partition coefficient (Wildman–Crippen LogP) is 3.98. The van der Waals surface area contributed by atoms with Crippen molar-refractivity contribution < 1.29 is 14.3 Å². The maximum absolute atomic E-state index is 13.1. The third kappa shape index (κ3) is 5.93. The number of nitrogens with zero attached hydrogens (tertiary/aromatic N) is 2. The van der Waals surface area contributed by atoms with Crippen LogP contribution in [0.2, 0.25) is 0 Å². The smallest absolute Gasteiger partial charge is 0.262 e. The van der Waals surface area contributed by atoms with Crippen LogP contribution in [0.5, 0.6) is 5.75 Å². The molecule has 0 radical (unpaired) electrons. The Hall–Kier alpha value is -3.98. The Morgan fingerprint density at radius 1 is 1.06 bits per heavy atom. The fourth-order valence-electron chi connectivity index (χ4n) is 3.57. The molecule has 0 atom stereocenters. The van der Waals surface area contributed by atoms with Gasteiger partial charge in [-0.25, -0.2) is 4.98 Å². The fourth-order valence-corrected chi connectivity index (χ4v) is 4.47. The number of aromatic nitrogens is 2. The van der Waals surface area contributed by atoms with Gasteiger partial charge in [-0.05, 0) is 43.7 Å². The first-order chi connectivity index (χ1) is 16.9.